The molecule has 1 aliphatic carbocycles. The first-order valence-electron chi connectivity index (χ1n) is 5.11. The molecule has 0 atom stereocenters. The summed E-state index contributed by atoms with van der Waals surface area (Å²) in [5.41, 5.74) is 7.31. The molecular weight excluding hydrogens is 176 g/mol. The highest BCUT2D eigenvalue weighted by Gasteiger charge is 2.20. The summed E-state index contributed by atoms with van der Waals surface area (Å²) in [5.74, 6) is 1.48. The molecule has 1 aliphatic rings. The fourth-order valence-corrected chi connectivity index (χ4v) is 1.39. The molecule has 2 N–H and O–H groups in total. The van der Waals surface area contributed by atoms with Crippen molar-refractivity contribution in [3.05, 3.63) is 17.8 Å². The number of nitrogens with two attached hydrogens (primary N) is 1. The molecule has 0 spiro atoms. The van der Waals surface area contributed by atoms with Crippen molar-refractivity contribution in [2.75, 3.05) is 12.3 Å². The molecule has 0 amide bonds. The summed E-state index contributed by atoms with van der Waals surface area (Å²) in [5, 5.41) is 0. The number of rotatable bonds is 4. The molecule has 1 aromatic heterocycles. The van der Waals surface area contributed by atoms with Crippen LogP contribution in [-0.4, -0.2) is 11.6 Å². The van der Waals surface area contributed by atoms with E-state index in [2.05, 4.69) is 4.98 Å². The van der Waals surface area contributed by atoms with Crippen LogP contribution in [0.25, 0.3) is 0 Å². The standard InChI is InChI=1S/C11H16N2O/c1-8-2-5-10(12)11(13-8)14-7-6-9-3-4-9/h2,5,9H,3-4,6-7,12H2,1H3. The van der Waals surface area contributed by atoms with E-state index in [4.69, 9.17) is 10.5 Å². The van der Waals surface area contributed by atoms with Crippen molar-refractivity contribution < 1.29 is 4.74 Å². The van der Waals surface area contributed by atoms with Gasteiger partial charge < -0.3 is 10.5 Å². The quantitative estimate of drug-likeness (QED) is 0.795. The Hall–Kier alpha value is -1.25. The Morgan fingerprint density at radius 2 is 2.29 bits per heavy atom. The van der Waals surface area contributed by atoms with E-state index in [1.165, 1.54) is 12.8 Å². The van der Waals surface area contributed by atoms with Crippen LogP contribution in [0.4, 0.5) is 5.69 Å². The fourth-order valence-electron chi connectivity index (χ4n) is 1.39. The first-order chi connectivity index (χ1) is 6.75. The van der Waals surface area contributed by atoms with Crippen molar-refractivity contribution in [1.82, 2.24) is 4.98 Å². The zero-order valence-electron chi connectivity index (χ0n) is 8.49. The summed E-state index contributed by atoms with van der Waals surface area (Å²) in [6.45, 7) is 2.68. The SMILES string of the molecule is Cc1ccc(N)c(OCCC2CC2)n1. The van der Waals surface area contributed by atoms with Crippen molar-refractivity contribution in [2.24, 2.45) is 5.92 Å². The van der Waals surface area contributed by atoms with E-state index < -0.39 is 0 Å². The van der Waals surface area contributed by atoms with Gasteiger partial charge in [0.25, 0.3) is 0 Å². The number of nitrogens with zero attached hydrogens (tertiary/aromatic N) is 1. The molecule has 0 aromatic carbocycles. The van der Waals surface area contributed by atoms with Gasteiger partial charge >= 0.3 is 0 Å². The van der Waals surface area contributed by atoms with Gasteiger partial charge in [-0.2, -0.15) is 0 Å². The number of nitrogen functional groups attached to an aromatic ring is 1. The summed E-state index contributed by atoms with van der Waals surface area (Å²) in [7, 11) is 0. The molecule has 0 bridgehead atoms. The monoisotopic (exact) mass is 192 g/mol. The molecule has 3 heteroatoms. The van der Waals surface area contributed by atoms with E-state index in [0.29, 0.717) is 11.6 Å². The van der Waals surface area contributed by atoms with Crippen LogP contribution in [0, 0.1) is 12.8 Å². The van der Waals surface area contributed by atoms with Crippen molar-refractivity contribution in [3.8, 4) is 5.88 Å². The maximum atomic E-state index is 5.73. The lowest BCUT2D eigenvalue weighted by molar-refractivity contribution is 0.292. The number of aryl methyl sites for hydroxylation is 1. The molecule has 14 heavy (non-hydrogen) atoms. The Balaban J connectivity index is 1.89. The van der Waals surface area contributed by atoms with Crippen LogP contribution in [0.2, 0.25) is 0 Å². The molecule has 0 saturated heterocycles. The van der Waals surface area contributed by atoms with Crippen molar-refractivity contribution >= 4 is 5.69 Å². The first-order valence-corrected chi connectivity index (χ1v) is 5.11. The molecule has 3 nitrogen and oxygen atoms in total. The Morgan fingerprint density at radius 3 is 3.00 bits per heavy atom. The van der Waals surface area contributed by atoms with E-state index in [1.54, 1.807) is 0 Å². The van der Waals surface area contributed by atoms with Crippen LogP contribution >= 0.6 is 0 Å². The van der Waals surface area contributed by atoms with Gasteiger partial charge in [0.15, 0.2) is 0 Å². The Morgan fingerprint density at radius 1 is 1.50 bits per heavy atom. The second-order valence-electron chi connectivity index (χ2n) is 3.93. The number of hydrogen-bond donors (Lipinski definition) is 1. The van der Waals surface area contributed by atoms with Gasteiger partial charge in [-0.25, -0.2) is 4.98 Å². The van der Waals surface area contributed by atoms with Gasteiger partial charge in [0, 0.05) is 5.69 Å². The van der Waals surface area contributed by atoms with E-state index in [0.717, 1.165) is 24.6 Å². The summed E-state index contributed by atoms with van der Waals surface area (Å²) < 4.78 is 5.53. The Kier molecular flexibility index (Phi) is 2.57. The number of ether oxygens (including phenoxy) is 1. The van der Waals surface area contributed by atoms with Gasteiger partial charge in [-0.1, -0.05) is 12.8 Å². The van der Waals surface area contributed by atoms with E-state index in [9.17, 15) is 0 Å². The highest BCUT2D eigenvalue weighted by molar-refractivity contribution is 5.48. The van der Waals surface area contributed by atoms with Crippen LogP contribution < -0.4 is 10.5 Å². The number of hydrogen-bond acceptors (Lipinski definition) is 3. The molecule has 0 unspecified atom stereocenters. The normalized spacial score (nSPS) is 15.5. The molecule has 1 aromatic rings. The van der Waals surface area contributed by atoms with E-state index >= 15 is 0 Å². The van der Waals surface area contributed by atoms with E-state index in [1.807, 2.05) is 19.1 Å². The van der Waals surface area contributed by atoms with E-state index in [-0.39, 0.29) is 0 Å². The number of pyridine rings is 1. The topological polar surface area (TPSA) is 48.1 Å². The van der Waals surface area contributed by atoms with Gasteiger partial charge in [0.05, 0.1) is 12.3 Å². The minimum Gasteiger partial charge on any atom is -0.476 e. The lowest BCUT2D eigenvalue weighted by Gasteiger charge is -2.07. The van der Waals surface area contributed by atoms with Crippen LogP contribution in [0.3, 0.4) is 0 Å². The molecule has 1 saturated carbocycles. The third-order valence-electron chi connectivity index (χ3n) is 2.49. The number of anilines is 1. The number of aromatic nitrogens is 1. The average Bonchev–Trinajstić information content (AvgIpc) is 2.95. The Labute approximate surface area is 84.3 Å². The molecule has 1 heterocycles. The highest BCUT2D eigenvalue weighted by Crippen LogP contribution is 2.32. The van der Waals surface area contributed by atoms with Gasteiger partial charge in [-0.15, -0.1) is 0 Å². The molecule has 2 rings (SSSR count). The van der Waals surface area contributed by atoms with Crippen molar-refractivity contribution in [1.29, 1.82) is 0 Å². The summed E-state index contributed by atoms with van der Waals surface area (Å²) in [4.78, 5) is 4.24. The van der Waals surface area contributed by atoms with Crippen LogP contribution in [0.1, 0.15) is 25.0 Å². The summed E-state index contributed by atoms with van der Waals surface area (Å²) >= 11 is 0. The van der Waals surface area contributed by atoms with Crippen molar-refractivity contribution in [2.45, 2.75) is 26.2 Å². The molecule has 76 valence electrons. The van der Waals surface area contributed by atoms with Crippen LogP contribution in [0.5, 0.6) is 5.88 Å². The first kappa shape index (κ1) is 9.31. The third-order valence-corrected chi connectivity index (χ3v) is 2.49. The van der Waals surface area contributed by atoms with Crippen molar-refractivity contribution in [3.63, 3.8) is 0 Å². The minimum absolute atomic E-state index is 0.589. The highest BCUT2D eigenvalue weighted by atomic mass is 16.5. The molecule has 0 aliphatic heterocycles. The second kappa shape index (κ2) is 3.86. The molecule has 1 fully saturated rings. The van der Waals surface area contributed by atoms with Gasteiger partial charge in [-0.05, 0) is 31.4 Å². The Bertz CT molecular complexity index is 321. The second-order valence-corrected chi connectivity index (χ2v) is 3.93. The van der Waals surface area contributed by atoms with Crippen LogP contribution in [-0.2, 0) is 0 Å². The lowest BCUT2D eigenvalue weighted by atomic mass is 10.3. The summed E-state index contributed by atoms with van der Waals surface area (Å²) in [6.07, 6.45) is 3.86. The van der Waals surface area contributed by atoms with Crippen LogP contribution in [0.15, 0.2) is 12.1 Å². The maximum Gasteiger partial charge on any atom is 0.237 e. The summed E-state index contributed by atoms with van der Waals surface area (Å²) in [6, 6.07) is 3.73. The van der Waals surface area contributed by atoms with Gasteiger partial charge in [-0.3, -0.25) is 0 Å². The zero-order valence-corrected chi connectivity index (χ0v) is 8.49. The average molecular weight is 192 g/mol. The smallest absolute Gasteiger partial charge is 0.237 e. The zero-order chi connectivity index (χ0) is 9.97. The minimum atomic E-state index is 0.589. The largest absolute Gasteiger partial charge is 0.476 e. The molecule has 0 radical (unpaired) electrons. The third kappa shape index (κ3) is 2.37. The lowest BCUT2D eigenvalue weighted by Crippen LogP contribution is -2.03. The predicted octanol–water partition coefficient (Wildman–Crippen LogP) is 2.15. The fraction of sp³-hybridized carbons (Fsp3) is 0.545. The molecular formula is C11H16N2O. The van der Waals surface area contributed by atoms with Gasteiger partial charge in [0.2, 0.25) is 5.88 Å². The maximum absolute atomic E-state index is 5.73. The predicted molar refractivity (Wildman–Crippen MR) is 56.2 cm³/mol. The van der Waals surface area contributed by atoms with Gasteiger partial charge in [0.1, 0.15) is 0 Å².